The summed E-state index contributed by atoms with van der Waals surface area (Å²) in [5.41, 5.74) is 6.25. The van der Waals surface area contributed by atoms with Gasteiger partial charge in [-0.15, -0.1) is 0 Å². The van der Waals surface area contributed by atoms with Gasteiger partial charge in [0, 0.05) is 19.3 Å². The Kier molecular flexibility index (Phi) is 7.69. The first-order valence-electron chi connectivity index (χ1n) is 12.2. The van der Waals surface area contributed by atoms with Crippen LogP contribution in [0.25, 0.3) is 0 Å². The minimum Gasteiger partial charge on any atom is -0.459 e. The molecule has 0 N–H and O–H groups in total. The van der Waals surface area contributed by atoms with Gasteiger partial charge in [-0.1, -0.05) is 65.9 Å². The molecule has 2 heterocycles. The van der Waals surface area contributed by atoms with Crippen LogP contribution in [-0.4, -0.2) is 40.0 Å². The number of thioether (sulfide) groups is 1. The number of rotatable bonds is 7. The molecule has 0 aliphatic carbocycles. The summed E-state index contributed by atoms with van der Waals surface area (Å²) in [6.07, 6.45) is -0.0407. The minimum atomic E-state index is -0.419. The number of carbonyl (C=O) groups excluding carboxylic acids is 2. The fourth-order valence-electron chi connectivity index (χ4n) is 4.49. The number of carbonyl (C=O) groups is 2. The van der Waals surface area contributed by atoms with E-state index in [0.717, 1.165) is 33.1 Å². The summed E-state index contributed by atoms with van der Waals surface area (Å²) in [7, 11) is 1.82. The van der Waals surface area contributed by atoms with Crippen molar-refractivity contribution in [1.82, 2.24) is 9.80 Å². The van der Waals surface area contributed by atoms with Crippen molar-refractivity contribution in [1.29, 1.82) is 0 Å². The van der Waals surface area contributed by atoms with Crippen molar-refractivity contribution in [2.24, 2.45) is 4.99 Å². The van der Waals surface area contributed by atoms with Gasteiger partial charge >= 0.3 is 5.97 Å². The highest BCUT2D eigenvalue weighted by molar-refractivity contribution is 8.16. The first kappa shape index (κ1) is 25.8. The quantitative estimate of drug-likeness (QED) is 0.442. The molecule has 0 bridgehead atoms. The average molecular weight is 504 g/mol. The number of amides is 1. The van der Waals surface area contributed by atoms with E-state index < -0.39 is 6.04 Å². The monoisotopic (exact) mass is 503 g/mol. The standard InChI is InChI=1S/C29H33N3O3S/c1-18(2)35-28(34)26-21(5)30-29-32(27(26)24-14-19(3)12-13-20(24)4)23(17-36-29)15-25(33)31(6)16-22-10-8-7-9-11-22/h7-14,17-18,27H,15-16H2,1-6H3. The van der Waals surface area contributed by atoms with Crippen molar-refractivity contribution in [2.45, 2.75) is 59.7 Å². The topological polar surface area (TPSA) is 62.2 Å². The summed E-state index contributed by atoms with van der Waals surface area (Å²) in [4.78, 5) is 35.2. The highest BCUT2D eigenvalue weighted by Crippen LogP contribution is 2.46. The number of amidine groups is 1. The molecule has 0 radical (unpaired) electrons. The molecule has 36 heavy (non-hydrogen) atoms. The predicted octanol–water partition coefficient (Wildman–Crippen LogP) is 5.88. The molecule has 188 valence electrons. The van der Waals surface area contributed by atoms with Crippen molar-refractivity contribution < 1.29 is 14.3 Å². The van der Waals surface area contributed by atoms with Crippen molar-refractivity contribution in [3.05, 3.63) is 93.2 Å². The zero-order chi connectivity index (χ0) is 26.0. The number of nitrogens with zero attached hydrogens (tertiary/aromatic N) is 3. The molecule has 2 aliphatic heterocycles. The van der Waals surface area contributed by atoms with E-state index in [1.54, 1.807) is 4.90 Å². The molecule has 1 unspecified atom stereocenters. The van der Waals surface area contributed by atoms with Gasteiger partial charge in [0.2, 0.25) is 5.91 Å². The number of aliphatic imine (C=N–C) groups is 1. The van der Waals surface area contributed by atoms with E-state index in [4.69, 9.17) is 9.73 Å². The van der Waals surface area contributed by atoms with Gasteiger partial charge in [0.15, 0.2) is 5.17 Å². The van der Waals surface area contributed by atoms with Gasteiger partial charge in [-0.3, -0.25) is 4.79 Å². The zero-order valence-corrected chi connectivity index (χ0v) is 22.6. The predicted molar refractivity (Wildman–Crippen MR) is 145 cm³/mol. The largest absolute Gasteiger partial charge is 0.459 e. The smallest absolute Gasteiger partial charge is 0.338 e. The molecule has 0 fully saturated rings. The minimum absolute atomic E-state index is 0.00393. The summed E-state index contributed by atoms with van der Waals surface area (Å²) in [5.74, 6) is -0.371. The maximum atomic E-state index is 13.4. The van der Waals surface area contributed by atoms with Crippen LogP contribution in [0, 0.1) is 13.8 Å². The van der Waals surface area contributed by atoms with Crippen LogP contribution in [0.2, 0.25) is 0 Å². The number of fused-ring (bicyclic) bond motifs is 1. The Morgan fingerprint density at radius 2 is 1.83 bits per heavy atom. The fourth-order valence-corrected chi connectivity index (χ4v) is 5.46. The molecule has 2 aromatic carbocycles. The van der Waals surface area contributed by atoms with Gasteiger partial charge in [-0.2, -0.15) is 0 Å². The van der Waals surface area contributed by atoms with E-state index in [-0.39, 0.29) is 24.4 Å². The third-order valence-electron chi connectivity index (χ3n) is 6.31. The maximum Gasteiger partial charge on any atom is 0.338 e. The number of hydrogen-bond donors (Lipinski definition) is 0. The number of aryl methyl sites for hydroxylation is 2. The van der Waals surface area contributed by atoms with Crippen LogP contribution in [0.1, 0.15) is 55.5 Å². The van der Waals surface area contributed by atoms with E-state index in [0.29, 0.717) is 17.8 Å². The molecule has 2 aromatic rings. The second-order valence-corrected chi connectivity index (χ2v) is 10.5. The lowest BCUT2D eigenvalue weighted by molar-refractivity contribution is -0.143. The summed E-state index contributed by atoms with van der Waals surface area (Å²) >= 11 is 1.49. The van der Waals surface area contributed by atoms with Crippen molar-refractivity contribution in [2.75, 3.05) is 7.05 Å². The normalized spacial score (nSPS) is 17.1. The number of ether oxygens (including phenoxy) is 1. The van der Waals surface area contributed by atoms with Gasteiger partial charge in [-0.05, 0) is 56.7 Å². The lowest BCUT2D eigenvalue weighted by Crippen LogP contribution is -2.38. The molecular weight excluding hydrogens is 470 g/mol. The summed E-state index contributed by atoms with van der Waals surface area (Å²) in [6.45, 7) is 10.2. The Bertz CT molecular complexity index is 1260. The van der Waals surface area contributed by atoms with Gasteiger partial charge in [0.25, 0.3) is 0 Å². The van der Waals surface area contributed by atoms with Gasteiger partial charge in [0.05, 0.1) is 29.8 Å². The van der Waals surface area contributed by atoms with Crippen LogP contribution in [0.3, 0.4) is 0 Å². The van der Waals surface area contributed by atoms with E-state index in [2.05, 4.69) is 18.2 Å². The molecule has 1 amide bonds. The maximum absolute atomic E-state index is 13.4. The number of benzene rings is 2. The molecule has 0 aromatic heterocycles. The lowest BCUT2D eigenvalue weighted by Gasteiger charge is -2.37. The first-order chi connectivity index (χ1) is 17.2. The molecular formula is C29H33N3O3S. The third-order valence-corrected chi connectivity index (χ3v) is 7.20. The van der Waals surface area contributed by atoms with Crippen LogP contribution in [0.5, 0.6) is 0 Å². The van der Waals surface area contributed by atoms with Gasteiger partial charge in [-0.25, -0.2) is 9.79 Å². The summed E-state index contributed by atoms with van der Waals surface area (Å²) < 4.78 is 5.66. The van der Waals surface area contributed by atoms with Crippen LogP contribution >= 0.6 is 11.8 Å². The molecule has 7 heteroatoms. The first-order valence-corrected chi connectivity index (χ1v) is 13.0. The molecule has 0 saturated carbocycles. The average Bonchev–Trinajstić information content (AvgIpc) is 3.21. The number of hydrogen-bond acceptors (Lipinski definition) is 6. The Labute approximate surface area is 217 Å². The molecule has 1 atom stereocenters. The van der Waals surface area contributed by atoms with Gasteiger partial charge < -0.3 is 14.5 Å². The summed E-state index contributed by atoms with van der Waals surface area (Å²) in [5, 5.41) is 2.75. The summed E-state index contributed by atoms with van der Waals surface area (Å²) in [6, 6.07) is 15.8. The third kappa shape index (κ3) is 5.41. The highest BCUT2D eigenvalue weighted by Gasteiger charge is 2.42. The molecule has 4 rings (SSSR count). The Balaban J connectivity index is 1.68. The van der Waals surface area contributed by atoms with Crippen molar-refractivity contribution >= 4 is 28.8 Å². The zero-order valence-electron chi connectivity index (χ0n) is 21.7. The number of allylic oxidation sites excluding steroid dienone is 1. The van der Waals surface area contributed by atoms with E-state index in [1.165, 1.54) is 11.8 Å². The second kappa shape index (κ2) is 10.7. The highest BCUT2D eigenvalue weighted by atomic mass is 32.2. The Morgan fingerprint density at radius 3 is 2.53 bits per heavy atom. The van der Waals surface area contributed by atoms with Gasteiger partial charge in [0.1, 0.15) is 0 Å². The fraction of sp³-hybridized carbons (Fsp3) is 0.345. The number of esters is 1. The molecule has 0 spiro atoms. The van der Waals surface area contributed by atoms with Crippen molar-refractivity contribution in [3.8, 4) is 0 Å². The van der Waals surface area contributed by atoms with Crippen LogP contribution in [0.15, 0.2) is 75.9 Å². The Hall–Kier alpha value is -3.32. The van der Waals surface area contributed by atoms with E-state index in [9.17, 15) is 9.59 Å². The van der Waals surface area contributed by atoms with E-state index >= 15 is 0 Å². The van der Waals surface area contributed by atoms with Crippen LogP contribution in [-0.2, 0) is 20.9 Å². The Morgan fingerprint density at radius 1 is 1.11 bits per heavy atom. The van der Waals surface area contributed by atoms with E-state index in [1.807, 2.05) is 82.3 Å². The second-order valence-electron chi connectivity index (χ2n) is 9.62. The molecule has 6 nitrogen and oxygen atoms in total. The molecule has 2 aliphatic rings. The molecule has 0 saturated heterocycles. The lowest BCUT2D eigenvalue weighted by atomic mass is 9.90. The van der Waals surface area contributed by atoms with Crippen LogP contribution < -0.4 is 0 Å². The SMILES string of the molecule is CC1=C(C(=O)OC(C)C)C(c2cc(C)ccc2C)N2C(CC(=O)N(C)Cc3ccccc3)=CSC2=N1. The van der Waals surface area contributed by atoms with Crippen LogP contribution in [0.4, 0.5) is 0 Å². The van der Waals surface area contributed by atoms with Crippen molar-refractivity contribution in [3.63, 3.8) is 0 Å².